The summed E-state index contributed by atoms with van der Waals surface area (Å²) in [7, 11) is 1.74. The van der Waals surface area contributed by atoms with E-state index in [9.17, 15) is 18.4 Å². The number of nitrogens with zero attached hydrogens (tertiary/aromatic N) is 4. The van der Waals surface area contributed by atoms with Gasteiger partial charge in [0.05, 0.1) is 22.3 Å². The van der Waals surface area contributed by atoms with E-state index in [2.05, 4.69) is 15.5 Å². The van der Waals surface area contributed by atoms with Crippen molar-refractivity contribution in [3.05, 3.63) is 59.9 Å². The third-order valence-corrected chi connectivity index (χ3v) is 3.59. The van der Waals surface area contributed by atoms with Crippen molar-refractivity contribution >= 4 is 22.4 Å². The lowest BCUT2D eigenvalue weighted by atomic mass is 10.2. The summed E-state index contributed by atoms with van der Waals surface area (Å²) in [6, 6.07) is 13.8. The minimum Gasteiger partial charge on any atom is -0.325 e. The molecular weight excluding hydrogens is 331 g/mol. The summed E-state index contributed by atoms with van der Waals surface area (Å²) in [5.41, 5.74) is 3.30. The molecule has 0 saturated heterocycles. The Kier molecular flexibility index (Phi) is 4.15. The zero-order valence-electron chi connectivity index (χ0n) is 13.0. The maximum absolute atomic E-state index is 12.7. The normalized spacial score (nSPS) is 12.2. The number of imidazole rings is 1. The van der Waals surface area contributed by atoms with Crippen LogP contribution < -0.4 is 5.43 Å². The molecule has 1 N–H and O–H groups in total. The molecule has 0 saturated carbocycles. The van der Waals surface area contributed by atoms with Gasteiger partial charge in [0.25, 0.3) is 0 Å². The molecule has 0 aliphatic rings. The van der Waals surface area contributed by atoms with Crippen molar-refractivity contribution in [1.29, 1.82) is 5.26 Å². The van der Waals surface area contributed by atoms with Crippen molar-refractivity contribution in [2.75, 3.05) is 5.43 Å². The maximum Gasteiger partial charge on any atom is 0.416 e. The van der Waals surface area contributed by atoms with Crippen molar-refractivity contribution in [3.63, 3.8) is 0 Å². The Labute approximate surface area is 141 Å². The van der Waals surface area contributed by atoms with E-state index < -0.39 is 11.7 Å². The summed E-state index contributed by atoms with van der Waals surface area (Å²) in [6.45, 7) is 0. The molecule has 1 aromatic heterocycles. The average molecular weight is 343 g/mol. The number of benzene rings is 2. The zero-order chi connectivity index (χ0) is 18.0. The van der Waals surface area contributed by atoms with E-state index >= 15 is 0 Å². The topological polar surface area (TPSA) is 66.0 Å². The smallest absolute Gasteiger partial charge is 0.325 e. The second-order valence-corrected chi connectivity index (χ2v) is 5.25. The van der Waals surface area contributed by atoms with Gasteiger partial charge in [-0.25, -0.2) is 4.98 Å². The van der Waals surface area contributed by atoms with Gasteiger partial charge in [-0.15, -0.1) is 0 Å². The predicted molar refractivity (Wildman–Crippen MR) is 87.9 cm³/mol. The first-order chi connectivity index (χ1) is 11.9. The van der Waals surface area contributed by atoms with Crippen LogP contribution in [0, 0.1) is 11.3 Å². The molecule has 0 bridgehead atoms. The van der Waals surface area contributed by atoms with Crippen LogP contribution in [0.25, 0.3) is 11.0 Å². The van der Waals surface area contributed by atoms with E-state index in [0.29, 0.717) is 11.3 Å². The fraction of sp³-hybridized carbons (Fsp3) is 0.118. The molecule has 1 heterocycles. The molecule has 0 spiro atoms. The quantitative estimate of drug-likeness (QED) is 0.579. The van der Waals surface area contributed by atoms with Crippen molar-refractivity contribution in [1.82, 2.24) is 9.55 Å². The molecule has 0 unspecified atom stereocenters. The average Bonchev–Trinajstić information content (AvgIpc) is 2.92. The van der Waals surface area contributed by atoms with Gasteiger partial charge >= 0.3 is 6.18 Å². The molecule has 0 amide bonds. The number of hydrogen-bond donors (Lipinski definition) is 1. The number of rotatable bonds is 3. The predicted octanol–water partition coefficient (Wildman–Crippen LogP) is 3.93. The molecule has 2 aromatic carbocycles. The fourth-order valence-electron chi connectivity index (χ4n) is 2.37. The SMILES string of the molecule is Cn1c(/C(C#N)=N/Nc2cccc(C(F)(F)F)c2)nc2ccccc21. The number of fused-ring (bicyclic) bond motifs is 1. The number of alkyl halides is 3. The number of halogens is 3. The number of hydrogen-bond acceptors (Lipinski definition) is 4. The van der Waals surface area contributed by atoms with Crippen LogP contribution in [0.15, 0.2) is 53.6 Å². The number of aromatic nitrogens is 2. The van der Waals surface area contributed by atoms with Gasteiger partial charge in [0.2, 0.25) is 5.71 Å². The van der Waals surface area contributed by atoms with Crippen LogP contribution in [0.4, 0.5) is 18.9 Å². The number of nitriles is 1. The van der Waals surface area contributed by atoms with Gasteiger partial charge in [-0.2, -0.15) is 23.5 Å². The Bertz CT molecular complexity index is 995. The van der Waals surface area contributed by atoms with Gasteiger partial charge in [0.1, 0.15) is 6.07 Å². The van der Waals surface area contributed by atoms with Gasteiger partial charge in [-0.05, 0) is 30.3 Å². The molecule has 0 aliphatic carbocycles. The summed E-state index contributed by atoms with van der Waals surface area (Å²) in [5, 5.41) is 13.3. The largest absolute Gasteiger partial charge is 0.416 e. The van der Waals surface area contributed by atoms with Gasteiger partial charge in [-0.3, -0.25) is 5.43 Å². The number of anilines is 1. The summed E-state index contributed by atoms with van der Waals surface area (Å²) >= 11 is 0. The molecule has 0 atom stereocenters. The first-order valence-electron chi connectivity index (χ1n) is 7.23. The number of nitrogens with one attached hydrogen (secondary N) is 1. The molecule has 3 aromatic rings. The first kappa shape index (κ1) is 16.5. The van der Waals surface area contributed by atoms with Crippen LogP contribution in [-0.4, -0.2) is 15.3 Å². The highest BCUT2D eigenvalue weighted by molar-refractivity contribution is 6.11. The summed E-state index contributed by atoms with van der Waals surface area (Å²) in [4.78, 5) is 4.34. The molecule has 8 heteroatoms. The molecule has 25 heavy (non-hydrogen) atoms. The Morgan fingerprint density at radius 2 is 1.96 bits per heavy atom. The maximum atomic E-state index is 12.7. The van der Waals surface area contributed by atoms with Crippen molar-refractivity contribution in [3.8, 4) is 6.07 Å². The second-order valence-electron chi connectivity index (χ2n) is 5.25. The number of hydrazone groups is 1. The zero-order valence-corrected chi connectivity index (χ0v) is 13.0. The lowest BCUT2D eigenvalue weighted by molar-refractivity contribution is -0.137. The van der Waals surface area contributed by atoms with Crippen molar-refractivity contribution < 1.29 is 13.2 Å². The highest BCUT2D eigenvalue weighted by Crippen LogP contribution is 2.30. The Morgan fingerprint density at radius 1 is 1.20 bits per heavy atom. The summed E-state index contributed by atoms with van der Waals surface area (Å²) in [6.07, 6.45) is -4.45. The Hall–Kier alpha value is -3.34. The van der Waals surface area contributed by atoms with E-state index in [-0.39, 0.29) is 11.4 Å². The highest BCUT2D eigenvalue weighted by Gasteiger charge is 2.30. The summed E-state index contributed by atoms with van der Waals surface area (Å²) < 4.78 is 39.9. The van der Waals surface area contributed by atoms with E-state index in [1.807, 2.05) is 24.3 Å². The van der Waals surface area contributed by atoms with Crippen LogP contribution in [0.2, 0.25) is 0 Å². The molecule has 0 aliphatic heterocycles. The van der Waals surface area contributed by atoms with Gasteiger partial charge in [0.15, 0.2) is 5.82 Å². The van der Waals surface area contributed by atoms with Crippen LogP contribution in [-0.2, 0) is 13.2 Å². The first-order valence-corrected chi connectivity index (χ1v) is 7.23. The Balaban J connectivity index is 1.94. The van der Waals surface area contributed by atoms with Gasteiger partial charge in [-0.1, -0.05) is 18.2 Å². The lowest BCUT2D eigenvalue weighted by Gasteiger charge is -2.08. The third-order valence-electron chi connectivity index (χ3n) is 3.59. The van der Waals surface area contributed by atoms with Gasteiger partial charge < -0.3 is 4.57 Å². The lowest BCUT2D eigenvalue weighted by Crippen LogP contribution is -2.09. The fourth-order valence-corrected chi connectivity index (χ4v) is 2.37. The molecule has 0 fully saturated rings. The molecule has 0 radical (unpaired) electrons. The van der Waals surface area contributed by atoms with Crippen molar-refractivity contribution in [2.24, 2.45) is 12.1 Å². The van der Waals surface area contributed by atoms with Crippen LogP contribution >= 0.6 is 0 Å². The summed E-state index contributed by atoms with van der Waals surface area (Å²) in [5.74, 6) is 0.322. The molecular formula is C17H12F3N5. The van der Waals surface area contributed by atoms with E-state index in [0.717, 1.165) is 17.6 Å². The molecule has 126 valence electrons. The van der Waals surface area contributed by atoms with E-state index in [1.54, 1.807) is 17.7 Å². The van der Waals surface area contributed by atoms with Crippen LogP contribution in [0.3, 0.4) is 0 Å². The number of aryl methyl sites for hydroxylation is 1. The Morgan fingerprint density at radius 3 is 2.64 bits per heavy atom. The van der Waals surface area contributed by atoms with Crippen molar-refractivity contribution in [2.45, 2.75) is 6.18 Å². The highest BCUT2D eigenvalue weighted by atomic mass is 19.4. The standard InChI is InChI=1S/C17H12F3N5/c1-25-15-8-3-2-7-13(15)22-16(25)14(10-21)24-23-12-6-4-5-11(9-12)17(18,19)20/h2-9,23H,1H3/b24-14+. The minimum atomic E-state index is -4.45. The third kappa shape index (κ3) is 3.30. The second kappa shape index (κ2) is 6.28. The van der Waals surface area contributed by atoms with Gasteiger partial charge in [0, 0.05) is 7.05 Å². The minimum absolute atomic E-state index is 0.0314. The van der Waals surface area contributed by atoms with E-state index in [4.69, 9.17) is 0 Å². The van der Waals surface area contributed by atoms with Crippen LogP contribution in [0.1, 0.15) is 11.4 Å². The monoisotopic (exact) mass is 343 g/mol. The molecule has 3 rings (SSSR count). The number of para-hydroxylation sites is 2. The van der Waals surface area contributed by atoms with E-state index in [1.165, 1.54) is 12.1 Å². The van der Waals surface area contributed by atoms with Crippen LogP contribution in [0.5, 0.6) is 0 Å². The molecule has 5 nitrogen and oxygen atoms in total.